The van der Waals surface area contributed by atoms with Crippen molar-refractivity contribution in [2.24, 2.45) is 17.3 Å². The third-order valence-electron chi connectivity index (χ3n) is 5.95. The highest BCUT2D eigenvalue weighted by Crippen LogP contribution is 2.35. The molecule has 0 aromatic carbocycles. The van der Waals surface area contributed by atoms with Crippen molar-refractivity contribution >= 4 is 6.03 Å². The molecule has 0 aromatic rings. The summed E-state index contributed by atoms with van der Waals surface area (Å²) in [5, 5.41) is 3.25. The summed E-state index contributed by atoms with van der Waals surface area (Å²) < 4.78 is 5.47. The van der Waals surface area contributed by atoms with Gasteiger partial charge in [-0.1, -0.05) is 13.8 Å². The van der Waals surface area contributed by atoms with Gasteiger partial charge < -0.3 is 15.0 Å². The Bertz CT molecular complexity index is 383. The molecule has 0 radical (unpaired) electrons. The van der Waals surface area contributed by atoms with Gasteiger partial charge in [-0.15, -0.1) is 0 Å². The minimum Gasteiger partial charge on any atom is -0.381 e. The lowest BCUT2D eigenvalue weighted by atomic mass is 9.74. The number of rotatable bonds is 6. The average molecular weight is 308 g/mol. The smallest absolute Gasteiger partial charge is 0.317 e. The van der Waals surface area contributed by atoms with E-state index in [1.165, 1.54) is 32.1 Å². The zero-order valence-electron chi connectivity index (χ0n) is 14.3. The van der Waals surface area contributed by atoms with Gasteiger partial charge in [0.25, 0.3) is 0 Å². The molecule has 2 saturated carbocycles. The van der Waals surface area contributed by atoms with Gasteiger partial charge in [0, 0.05) is 32.3 Å². The SMILES string of the molecule is CC(C)(CNC(=O)N(CC1CC1)C1CCC1)C1CCOCC1. The first kappa shape index (κ1) is 16.1. The van der Waals surface area contributed by atoms with Gasteiger partial charge in [0.1, 0.15) is 0 Å². The van der Waals surface area contributed by atoms with Crippen LogP contribution in [-0.2, 0) is 4.74 Å². The molecule has 2 amide bonds. The van der Waals surface area contributed by atoms with Crippen LogP contribution in [0.1, 0.15) is 58.8 Å². The fraction of sp³-hybridized carbons (Fsp3) is 0.944. The van der Waals surface area contributed by atoms with Crippen molar-refractivity contribution in [1.82, 2.24) is 10.2 Å². The Labute approximate surface area is 135 Å². The molecule has 0 unspecified atom stereocenters. The van der Waals surface area contributed by atoms with Crippen LogP contribution in [0.4, 0.5) is 4.79 Å². The van der Waals surface area contributed by atoms with Gasteiger partial charge in [0.05, 0.1) is 0 Å². The second-order valence-electron chi connectivity index (χ2n) is 8.21. The molecule has 22 heavy (non-hydrogen) atoms. The maximum absolute atomic E-state index is 12.7. The third-order valence-corrected chi connectivity index (χ3v) is 5.95. The summed E-state index contributed by atoms with van der Waals surface area (Å²) in [5.74, 6) is 1.43. The summed E-state index contributed by atoms with van der Waals surface area (Å²) in [4.78, 5) is 14.8. The molecule has 3 fully saturated rings. The van der Waals surface area contributed by atoms with Crippen molar-refractivity contribution in [3.8, 4) is 0 Å². The van der Waals surface area contributed by atoms with Crippen LogP contribution in [0.2, 0.25) is 0 Å². The maximum atomic E-state index is 12.7. The first-order valence-electron chi connectivity index (χ1n) is 9.18. The molecule has 1 aliphatic heterocycles. The number of hydrogen-bond donors (Lipinski definition) is 1. The molecular formula is C18H32N2O2. The highest BCUT2D eigenvalue weighted by Gasteiger charge is 2.36. The predicted octanol–water partition coefficient (Wildman–Crippen LogP) is 3.41. The van der Waals surface area contributed by atoms with Gasteiger partial charge in [0.2, 0.25) is 0 Å². The molecule has 0 bridgehead atoms. The maximum Gasteiger partial charge on any atom is 0.317 e. The van der Waals surface area contributed by atoms with Crippen molar-refractivity contribution in [3.63, 3.8) is 0 Å². The standard InChI is InChI=1S/C18H32N2O2/c1-18(2,15-8-10-22-11-9-15)13-19-17(21)20(12-14-6-7-14)16-4-3-5-16/h14-16H,3-13H2,1-2H3,(H,19,21). The van der Waals surface area contributed by atoms with E-state index in [-0.39, 0.29) is 11.4 Å². The highest BCUT2D eigenvalue weighted by molar-refractivity contribution is 5.74. The van der Waals surface area contributed by atoms with E-state index in [1.54, 1.807) is 0 Å². The lowest BCUT2D eigenvalue weighted by molar-refractivity contribution is 0.0228. The van der Waals surface area contributed by atoms with Crippen LogP contribution in [0, 0.1) is 17.3 Å². The topological polar surface area (TPSA) is 41.6 Å². The van der Waals surface area contributed by atoms with Gasteiger partial charge in [0.15, 0.2) is 0 Å². The Kier molecular flexibility index (Phi) is 4.96. The Hall–Kier alpha value is -0.770. The van der Waals surface area contributed by atoms with E-state index in [1.807, 2.05) is 0 Å². The van der Waals surface area contributed by atoms with Gasteiger partial charge >= 0.3 is 6.03 Å². The van der Waals surface area contributed by atoms with Crippen molar-refractivity contribution in [1.29, 1.82) is 0 Å². The Morgan fingerprint density at radius 1 is 1.14 bits per heavy atom. The van der Waals surface area contributed by atoms with E-state index in [0.717, 1.165) is 45.1 Å². The molecule has 1 N–H and O–H groups in total. The van der Waals surface area contributed by atoms with Crippen molar-refractivity contribution < 1.29 is 9.53 Å². The lowest BCUT2D eigenvalue weighted by Crippen LogP contribution is -2.52. The van der Waals surface area contributed by atoms with Crippen LogP contribution < -0.4 is 5.32 Å². The van der Waals surface area contributed by atoms with Gasteiger partial charge in [-0.25, -0.2) is 4.79 Å². The molecule has 0 spiro atoms. The summed E-state index contributed by atoms with van der Waals surface area (Å²) in [6.07, 6.45) is 8.54. The molecule has 2 aliphatic carbocycles. The quantitative estimate of drug-likeness (QED) is 0.817. The first-order chi connectivity index (χ1) is 10.6. The highest BCUT2D eigenvalue weighted by atomic mass is 16.5. The number of ether oxygens (including phenoxy) is 1. The van der Waals surface area contributed by atoms with Crippen LogP contribution in [0.5, 0.6) is 0 Å². The van der Waals surface area contributed by atoms with Crippen molar-refractivity contribution in [3.05, 3.63) is 0 Å². The molecule has 3 aliphatic rings. The molecule has 126 valence electrons. The molecular weight excluding hydrogens is 276 g/mol. The second kappa shape index (κ2) is 6.77. The zero-order chi connectivity index (χ0) is 15.6. The zero-order valence-corrected chi connectivity index (χ0v) is 14.3. The molecule has 0 atom stereocenters. The number of nitrogens with one attached hydrogen (secondary N) is 1. The van der Waals surface area contributed by atoms with E-state index in [0.29, 0.717) is 12.0 Å². The normalized spacial score (nSPS) is 23.9. The second-order valence-corrected chi connectivity index (χ2v) is 8.21. The lowest BCUT2D eigenvalue weighted by Gasteiger charge is -2.40. The molecule has 4 heteroatoms. The largest absolute Gasteiger partial charge is 0.381 e. The van der Waals surface area contributed by atoms with Crippen molar-refractivity contribution in [2.45, 2.75) is 64.8 Å². The van der Waals surface area contributed by atoms with Crippen LogP contribution in [0.3, 0.4) is 0 Å². The van der Waals surface area contributed by atoms with E-state index in [2.05, 4.69) is 24.1 Å². The number of carbonyl (C=O) groups is 1. The summed E-state index contributed by atoms with van der Waals surface area (Å²) in [6.45, 7) is 8.09. The minimum atomic E-state index is 0.157. The monoisotopic (exact) mass is 308 g/mol. The van der Waals surface area contributed by atoms with Crippen LogP contribution in [0.25, 0.3) is 0 Å². The molecule has 4 nitrogen and oxygen atoms in total. The van der Waals surface area contributed by atoms with E-state index in [9.17, 15) is 4.79 Å². The Morgan fingerprint density at radius 2 is 1.82 bits per heavy atom. The van der Waals surface area contributed by atoms with Crippen molar-refractivity contribution in [2.75, 3.05) is 26.3 Å². The van der Waals surface area contributed by atoms with E-state index >= 15 is 0 Å². The Balaban J connectivity index is 1.50. The molecule has 1 saturated heterocycles. The fourth-order valence-corrected chi connectivity index (χ4v) is 3.70. The first-order valence-corrected chi connectivity index (χ1v) is 9.18. The average Bonchev–Trinajstić information content (AvgIpc) is 3.27. The third kappa shape index (κ3) is 3.95. The summed E-state index contributed by atoms with van der Waals surface area (Å²) in [7, 11) is 0. The van der Waals surface area contributed by atoms with Crippen LogP contribution in [0.15, 0.2) is 0 Å². The molecule has 1 heterocycles. The van der Waals surface area contributed by atoms with E-state index < -0.39 is 0 Å². The Morgan fingerprint density at radius 3 is 2.36 bits per heavy atom. The number of hydrogen-bond acceptors (Lipinski definition) is 2. The number of amides is 2. The predicted molar refractivity (Wildman–Crippen MR) is 87.8 cm³/mol. The van der Waals surface area contributed by atoms with Gasteiger partial charge in [-0.2, -0.15) is 0 Å². The number of carbonyl (C=O) groups excluding carboxylic acids is 1. The number of nitrogens with zero attached hydrogens (tertiary/aromatic N) is 1. The fourth-order valence-electron chi connectivity index (χ4n) is 3.70. The van der Waals surface area contributed by atoms with Gasteiger partial charge in [-0.05, 0) is 62.2 Å². The summed E-state index contributed by atoms with van der Waals surface area (Å²) >= 11 is 0. The summed E-state index contributed by atoms with van der Waals surface area (Å²) in [5.41, 5.74) is 0.157. The van der Waals surface area contributed by atoms with E-state index in [4.69, 9.17) is 4.74 Å². The number of urea groups is 1. The van der Waals surface area contributed by atoms with Gasteiger partial charge in [-0.3, -0.25) is 0 Å². The molecule has 3 rings (SSSR count). The van der Waals surface area contributed by atoms with Crippen LogP contribution >= 0.6 is 0 Å². The summed E-state index contributed by atoms with van der Waals surface area (Å²) in [6, 6.07) is 0.684. The molecule has 0 aromatic heterocycles. The van der Waals surface area contributed by atoms with Crippen LogP contribution in [-0.4, -0.2) is 43.3 Å². The minimum absolute atomic E-state index is 0.157.